The number of hydrogen-bond donors (Lipinski definition) is 0. The van der Waals surface area contributed by atoms with E-state index in [1.54, 1.807) is 0 Å². The zero-order chi connectivity index (χ0) is 14.3. The van der Waals surface area contributed by atoms with Gasteiger partial charge in [0.15, 0.2) is 0 Å². The maximum Gasteiger partial charge on any atom is 0.0294 e. The van der Waals surface area contributed by atoms with Crippen LogP contribution in [0.2, 0.25) is 0 Å². The standard InChI is InChI=1S/C17H26Cl2/c1-14(2)9-15(3)10-17(12-18,13-19)11-16-7-5-4-6-8-16/h4-8,14-15H,9-13H2,1-3H3. The molecule has 1 unspecified atom stereocenters. The molecule has 0 saturated heterocycles. The second kappa shape index (κ2) is 8.17. The van der Waals surface area contributed by atoms with Gasteiger partial charge in [-0.25, -0.2) is 0 Å². The van der Waals surface area contributed by atoms with E-state index in [0.29, 0.717) is 17.7 Å². The van der Waals surface area contributed by atoms with Crippen molar-refractivity contribution in [1.82, 2.24) is 0 Å². The van der Waals surface area contributed by atoms with Crippen molar-refractivity contribution in [2.45, 2.75) is 40.0 Å². The Morgan fingerprint density at radius 3 is 2.05 bits per heavy atom. The smallest absolute Gasteiger partial charge is 0.0294 e. The third kappa shape index (κ3) is 5.75. The van der Waals surface area contributed by atoms with Crippen LogP contribution in [0.4, 0.5) is 0 Å². The summed E-state index contributed by atoms with van der Waals surface area (Å²) < 4.78 is 0. The number of hydrogen-bond acceptors (Lipinski definition) is 0. The molecular weight excluding hydrogens is 275 g/mol. The van der Waals surface area contributed by atoms with Gasteiger partial charge in [0.25, 0.3) is 0 Å². The van der Waals surface area contributed by atoms with Gasteiger partial charge in [-0.05, 0) is 36.7 Å². The van der Waals surface area contributed by atoms with Crippen molar-refractivity contribution in [3.63, 3.8) is 0 Å². The highest BCUT2D eigenvalue weighted by molar-refractivity contribution is 6.21. The lowest BCUT2D eigenvalue weighted by atomic mass is 9.76. The monoisotopic (exact) mass is 300 g/mol. The fraction of sp³-hybridized carbons (Fsp3) is 0.647. The molecule has 0 aliphatic rings. The van der Waals surface area contributed by atoms with Crippen molar-refractivity contribution in [3.05, 3.63) is 35.9 Å². The average molecular weight is 301 g/mol. The van der Waals surface area contributed by atoms with E-state index in [4.69, 9.17) is 23.2 Å². The van der Waals surface area contributed by atoms with Gasteiger partial charge in [-0.1, -0.05) is 51.1 Å². The van der Waals surface area contributed by atoms with Crippen LogP contribution in [0.25, 0.3) is 0 Å². The van der Waals surface area contributed by atoms with E-state index in [-0.39, 0.29) is 5.41 Å². The molecule has 0 nitrogen and oxygen atoms in total. The molecule has 1 aromatic rings. The van der Waals surface area contributed by atoms with Gasteiger partial charge in [-0.2, -0.15) is 0 Å². The Bertz CT molecular complexity index is 342. The summed E-state index contributed by atoms with van der Waals surface area (Å²) in [6.07, 6.45) is 3.32. The van der Waals surface area contributed by atoms with Crippen molar-refractivity contribution in [2.24, 2.45) is 17.3 Å². The second-order valence-electron chi connectivity index (χ2n) is 6.37. The van der Waals surface area contributed by atoms with E-state index in [9.17, 15) is 0 Å². The van der Waals surface area contributed by atoms with Crippen LogP contribution in [0.3, 0.4) is 0 Å². The first-order valence-electron chi connectivity index (χ1n) is 7.17. The highest BCUT2D eigenvalue weighted by Gasteiger charge is 2.30. The molecule has 0 aliphatic heterocycles. The lowest BCUT2D eigenvalue weighted by molar-refractivity contribution is 0.260. The van der Waals surface area contributed by atoms with Gasteiger partial charge in [-0.15, -0.1) is 23.2 Å². The summed E-state index contributed by atoms with van der Waals surface area (Å²) in [6, 6.07) is 10.6. The minimum Gasteiger partial charge on any atom is -0.126 e. The van der Waals surface area contributed by atoms with E-state index in [0.717, 1.165) is 18.8 Å². The van der Waals surface area contributed by atoms with Crippen LogP contribution in [0, 0.1) is 17.3 Å². The van der Waals surface area contributed by atoms with Gasteiger partial charge in [0.05, 0.1) is 0 Å². The first kappa shape index (κ1) is 16.9. The van der Waals surface area contributed by atoms with Crippen molar-refractivity contribution in [2.75, 3.05) is 11.8 Å². The van der Waals surface area contributed by atoms with Crippen LogP contribution in [-0.2, 0) is 6.42 Å². The molecule has 108 valence electrons. The molecule has 0 saturated carbocycles. The molecule has 0 spiro atoms. The van der Waals surface area contributed by atoms with Crippen LogP contribution in [-0.4, -0.2) is 11.8 Å². The topological polar surface area (TPSA) is 0 Å². The molecule has 2 heteroatoms. The molecule has 1 rings (SSSR count). The molecule has 0 radical (unpaired) electrons. The Balaban J connectivity index is 2.73. The molecule has 0 aromatic heterocycles. The highest BCUT2D eigenvalue weighted by Crippen LogP contribution is 2.35. The maximum absolute atomic E-state index is 6.27. The molecule has 0 fully saturated rings. The lowest BCUT2D eigenvalue weighted by Gasteiger charge is -2.33. The summed E-state index contributed by atoms with van der Waals surface area (Å²) in [7, 11) is 0. The lowest BCUT2D eigenvalue weighted by Crippen LogP contribution is -2.30. The van der Waals surface area contributed by atoms with Crippen LogP contribution < -0.4 is 0 Å². The number of benzene rings is 1. The van der Waals surface area contributed by atoms with Gasteiger partial charge >= 0.3 is 0 Å². The molecule has 0 aliphatic carbocycles. The number of halogens is 2. The molecule has 1 aromatic carbocycles. The molecule has 0 amide bonds. The first-order chi connectivity index (χ1) is 9.01. The summed E-state index contributed by atoms with van der Waals surface area (Å²) in [5, 5.41) is 0. The van der Waals surface area contributed by atoms with E-state index in [1.165, 1.54) is 12.0 Å². The predicted octanol–water partition coefficient (Wildman–Crippen LogP) is 5.77. The molecule has 0 bridgehead atoms. The van der Waals surface area contributed by atoms with Crippen LogP contribution in [0.15, 0.2) is 30.3 Å². The van der Waals surface area contributed by atoms with Crippen molar-refractivity contribution in [1.29, 1.82) is 0 Å². The number of rotatable bonds is 8. The molecule has 1 atom stereocenters. The minimum atomic E-state index is 0.0266. The van der Waals surface area contributed by atoms with Crippen LogP contribution in [0.5, 0.6) is 0 Å². The summed E-state index contributed by atoms with van der Waals surface area (Å²) in [5.74, 6) is 2.66. The molecule has 19 heavy (non-hydrogen) atoms. The van der Waals surface area contributed by atoms with Crippen LogP contribution in [0.1, 0.15) is 39.2 Å². The number of alkyl halides is 2. The predicted molar refractivity (Wildman–Crippen MR) is 87.3 cm³/mol. The molecule has 0 N–H and O–H groups in total. The van der Waals surface area contributed by atoms with Crippen molar-refractivity contribution < 1.29 is 0 Å². The minimum absolute atomic E-state index is 0.0266. The Morgan fingerprint density at radius 1 is 1.00 bits per heavy atom. The zero-order valence-corrected chi connectivity index (χ0v) is 13.8. The third-order valence-electron chi connectivity index (χ3n) is 3.64. The van der Waals surface area contributed by atoms with Gasteiger partial charge in [0, 0.05) is 17.2 Å². The summed E-state index contributed by atoms with van der Waals surface area (Å²) in [6.45, 7) is 6.87. The summed E-state index contributed by atoms with van der Waals surface area (Å²) in [5.41, 5.74) is 1.36. The molecular formula is C17H26Cl2. The largest absolute Gasteiger partial charge is 0.126 e. The Morgan fingerprint density at radius 2 is 1.58 bits per heavy atom. The summed E-state index contributed by atoms with van der Waals surface area (Å²) in [4.78, 5) is 0. The SMILES string of the molecule is CC(C)CC(C)CC(CCl)(CCl)Cc1ccccc1. The Kier molecular flexibility index (Phi) is 7.25. The van der Waals surface area contributed by atoms with Crippen molar-refractivity contribution >= 4 is 23.2 Å². The van der Waals surface area contributed by atoms with E-state index in [1.807, 2.05) is 6.07 Å². The average Bonchev–Trinajstić information content (AvgIpc) is 2.38. The van der Waals surface area contributed by atoms with E-state index in [2.05, 4.69) is 45.0 Å². The summed E-state index contributed by atoms with van der Waals surface area (Å²) >= 11 is 12.5. The molecule has 0 heterocycles. The van der Waals surface area contributed by atoms with Crippen molar-refractivity contribution in [3.8, 4) is 0 Å². The van der Waals surface area contributed by atoms with E-state index < -0.39 is 0 Å². The van der Waals surface area contributed by atoms with E-state index >= 15 is 0 Å². The first-order valence-corrected chi connectivity index (χ1v) is 8.24. The highest BCUT2D eigenvalue weighted by atomic mass is 35.5. The quantitative estimate of drug-likeness (QED) is 0.535. The maximum atomic E-state index is 6.27. The van der Waals surface area contributed by atoms with Gasteiger partial charge in [0.1, 0.15) is 0 Å². The van der Waals surface area contributed by atoms with Crippen LogP contribution >= 0.6 is 23.2 Å². The zero-order valence-electron chi connectivity index (χ0n) is 12.3. The van der Waals surface area contributed by atoms with Gasteiger partial charge in [0.2, 0.25) is 0 Å². The van der Waals surface area contributed by atoms with Gasteiger partial charge in [-0.3, -0.25) is 0 Å². The Labute approximate surface area is 128 Å². The van der Waals surface area contributed by atoms with Gasteiger partial charge < -0.3 is 0 Å². The second-order valence-corrected chi connectivity index (χ2v) is 6.90. The third-order valence-corrected chi connectivity index (χ3v) is 4.78. The fourth-order valence-electron chi connectivity index (χ4n) is 2.97. The Hall–Kier alpha value is -0.200. The fourth-order valence-corrected chi connectivity index (χ4v) is 3.66. The normalized spacial score (nSPS) is 13.8.